The van der Waals surface area contributed by atoms with E-state index < -0.39 is 22.4 Å². The summed E-state index contributed by atoms with van der Waals surface area (Å²) in [6.07, 6.45) is 44.7. The first-order valence-corrected chi connectivity index (χ1v) is 47.6. The maximum atomic E-state index is 12.0. The number of rotatable bonds is 28. The Labute approximate surface area is 775 Å². The van der Waals surface area contributed by atoms with Gasteiger partial charge in [-0.1, -0.05) is 91.8 Å². The van der Waals surface area contributed by atoms with Crippen molar-refractivity contribution in [3.8, 4) is 0 Å². The first-order valence-electron chi connectivity index (χ1n) is 47.6. The number of fused-ring (bicyclic) bond motifs is 10. The van der Waals surface area contributed by atoms with Crippen molar-refractivity contribution < 1.29 is 114 Å². The summed E-state index contributed by atoms with van der Waals surface area (Å²) in [6, 6.07) is 0. The quantitative estimate of drug-likeness (QED) is 0.0399. The van der Waals surface area contributed by atoms with Crippen LogP contribution in [0.1, 0.15) is 275 Å². The van der Waals surface area contributed by atoms with E-state index in [0.717, 1.165) is 128 Å². The second kappa shape index (κ2) is 55.1. The highest BCUT2D eigenvalue weighted by Gasteiger charge is 2.63. The molecule has 0 aromatic heterocycles. The van der Waals surface area contributed by atoms with Crippen LogP contribution in [-0.4, -0.2) is 147 Å². The van der Waals surface area contributed by atoms with Crippen LogP contribution in [0.25, 0.3) is 0 Å². The van der Waals surface area contributed by atoms with Gasteiger partial charge >= 0.3 is 71.6 Å². The lowest BCUT2D eigenvalue weighted by atomic mass is 9.52. The number of hydrogen-bond donors (Lipinski definition) is 0. The number of ether oxygens (including phenoxy) is 12. The molecule has 0 heterocycles. The molecule has 8 unspecified atom stereocenters. The first-order chi connectivity index (χ1) is 61.6. The van der Waals surface area contributed by atoms with E-state index in [1.165, 1.54) is 71.6 Å². The Morgan fingerprint density at radius 1 is 0.254 bits per heavy atom. The summed E-state index contributed by atoms with van der Waals surface area (Å²) in [6.45, 7) is 61.7. The summed E-state index contributed by atoms with van der Waals surface area (Å²) in [5.41, 5.74) is 0.736. The standard InChI is InChI=1S/C18H24O4.C16H20O4.C16H24O4.C14H20O4.2C10H16.2C6H10O2.2C5H8O2/c1-11(2)15(19)21-17-6-13-5-14(7-17)9-18(8-13,10-17)22-16(20)12(3)4;1-3-13(17)19-15-6-11-5-12(7-15)9-16(8-11,10-15)20-14(18)4-2;1-11(2)15(17)19-9-13-5-7-14(8-6-13)10-20-16(18)12(3)4;1-3-13(15)17-9-11-5-7-12(8-6-11)10-18-14(16)4-2;2*1-2-9-7-4-5-8(6-7)10(9)3-1;2*1-4-8-6(7)5(2)3;2*1-3-5(6)7-4-2/h13-14H,1,3,5-10H2,2,4H3;3-4,11-12H,1-2,5-10H2;13-14H,1,3,5-10H2,2,4H3;3-4,11-12H,1-2,5-10H2;2*7-10H,1-6H2;2*2,4H2,1,3H3;2*3H,1,4H2,2H3. The monoisotopic (exact) mass is 1810 g/mol. The number of esters is 12. The van der Waals surface area contributed by atoms with Crippen molar-refractivity contribution in [2.24, 2.45) is 94.7 Å². The fourth-order valence-corrected chi connectivity index (χ4v) is 23.0. The van der Waals surface area contributed by atoms with Gasteiger partial charge < -0.3 is 56.8 Å². The molecule has 16 aliphatic carbocycles. The van der Waals surface area contributed by atoms with Crippen LogP contribution in [0.5, 0.6) is 0 Å². The van der Waals surface area contributed by atoms with E-state index in [0.29, 0.717) is 146 Å². The molecule has 16 rings (SSSR count). The van der Waals surface area contributed by atoms with Gasteiger partial charge in [0, 0.05) is 82.7 Å². The zero-order valence-electron chi connectivity index (χ0n) is 80.3. The Morgan fingerprint density at radius 2 is 0.462 bits per heavy atom. The van der Waals surface area contributed by atoms with Crippen LogP contribution >= 0.6 is 0 Å². The second-order valence-electron chi connectivity index (χ2n) is 38.5. The van der Waals surface area contributed by atoms with Crippen LogP contribution in [-0.2, 0) is 114 Å². The van der Waals surface area contributed by atoms with E-state index in [1.807, 2.05) is 0 Å². The van der Waals surface area contributed by atoms with Crippen LogP contribution in [0.3, 0.4) is 0 Å². The van der Waals surface area contributed by atoms with Gasteiger partial charge in [0.2, 0.25) is 0 Å². The lowest BCUT2D eigenvalue weighted by molar-refractivity contribution is -0.229. The van der Waals surface area contributed by atoms with E-state index in [9.17, 15) is 57.5 Å². The normalized spacial score (nSPS) is 30.0. The highest BCUT2D eigenvalue weighted by atomic mass is 16.6. The minimum Gasteiger partial charge on any atom is -0.463 e. The maximum Gasteiger partial charge on any atom is 0.333 e. The Bertz CT molecular complexity index is 3660. The summed E-state index contributed by atoms with van der Waals surface area (Å²) >= 11 is 0. The second-order valence-corrected chi connectivity index (χ2v) is 38.5. The lowest BCUT2D eigenvalue weighted by Crippen LogP contribution is -2.61. The van der Waals surface area contributed by atoms with Crippen LogP contribution in [0.2, 0.25) is 0 Å². The third-order valence-electron chi connectivity index (χ3n) is 27.8. The van der Waals surface area contributed by atoms with Gasteiger partial charge in [-0.05, 0) is 344 Å². The molecule has 0 saturated heterocycles. The first kappa shape index (κ1) is 111. The smallest absolute Gasteiger partial charge is 0.333 e. The van der Waals surface area contributed by atoms with Crippen molar-refractivity contribution in [2.45, 2.75) is 297 Å². The predicted octanol–water partition coefficient (Wildman–Crippen LogP) is 20.5. The molecule has 130 heavy (non-hydrogen) atoms. The molecule has 0 radical (unpaired) electrons. The zero-order chi connectivity index (χ0) is 96.6. The molecule has 0 spiro atoms. The molecule has 724 valence electrons. The molecule has 24 nitrogen and oxygen atoms in total. The molecule has 24 heteroatoms. The Hall–Kier alpha value is -9.48. The molecular weight excluding hydrogens is 1660 g/mol. The van der Waals surface area contributed by atoms with Crippen molar-refractivity contribution in [2.75, 3.05) is 52.9 Å². The third-order valence-corrected chi connectivity index (χ3v) is 27.8. The van der Waals surface area contributed by atoms with Gasteiger partial charge in [-0.2, -0.15) is 0 Å². The van der Waals surface area contributed by atoms with Crippen LogP contribution < -0.4 is 0 Å². The van der Waals surface area contributed by atoms with Crippen molar-refractivity contribution >= 4 is 71.6 Å². The predicted molar refractivity (Wildman–Crippen MR) is 499 cm³/mol. The largest absolute Gasteiger partial charge is 0.463 e. The summed E-state index contributed by atoms with van der Waals surface area (Å²) in [5.74, 6) is 9.02. The zero-order valence-corrected chi connectivity index (χ0v) is 80.3. The molecule has 0 aromatic rings. The highest BCUT2D eigenvalue weighted by molar-refractivity contribution is 5.90. The van der Waals surface area contributed by atoms with E-state index >= 15 is 0 Å². The summed E-state index contributed by atoms with van der Waals surface area (Å²) in [4.78, 5) is 133. The SMILES string of the molecule is C1CC2C3CCC(C3)C2C1.C1CC2C3CCC(C3)C2C1.C=C(C)C(=O)OC12CC3CC(C1)CC(OC(=O)C(=C)C)(C3)C2.C=C(C)C(=O)OCC.C=C(C)C(=O)OCC.C=C(C)C(=O)OCC1CCC(COC(=O)C(=C)C)CC1.C=CC(=O)OC12CC3CC(C1)CC(OC(=O)C=C)(C3)C2.C=CC(=O)OCC.C=CC(=O)OCC.C=CC(=O)OCC1CCC(COC(=O)C=C)CC1. The minimum absolute atomic E-state index is 0.312. The Morgan fingerprint density at radius 3 is 0.662 bits per heavy atom. The number of carbonyl (C=O) groups excluding carboxylic acids is 12. The van der Waals surface area contributed by atoms with Gasteiger partial charge in [-0.3, -0.25) is 0 Å². The molecule has 16 fully saturated rings. The molecule has 0 aromatic carbocycles. The van der Waals surface area contributed by atoms with Crippen molar-refractivity contribution in [3.05, 3.63) is 149 Å². The molecule has 0 amide bonds. The van der Waals surface area contributed by atoms with Crippen LogP contribution in [0, 0.1) is 94.7 Å². The lowest BCUT2D eigenvalue weighted by Gasteiger charge is -2.60. The minimum atomic E-state index is -0.477. The molecule has 16 aliphatic rings. The van der Waals surface area contributed by atoms with Gasteiger partial charge in [-0.25, -0.2) is 57.5 Å². The maximum absolute atomic E-state index is 12.0. The van der Waals surface area contributed by atoms with E-state index in [4.69, 9.17) is 37.9 Å². The molecule has 0 aliphatic heterocycles. The number of hydrogen-bond acceptors (Lipinski definition) is 24. The summed E-state index contributed by atoms with van der Waals surface area (Å²) in [5, 5.41) is 0. The topological polar surface area (TPSA) is 316 Å². The molecule has 16 saturated carbocycles. The molecule has 8 atom stereocenters. The highest BCUT2D eigenvalue weighted by Crippen LogP contribution is 2.63. The van der Waals surface area contributed by atoms with Crippen molar-refractivity contribution in [3.63, 3.8) is 0 Å². The number of carbonyl (C=O) groups is 12. The molecule has 12 bridgehead atoms. The van der Waals surface area contributed by atoms with E-state index in [1.54, 1.807) is 146 Å². The third kappa shape index (κ3) is 36.2. The van der Waals surface area contributed by atoms with Gasteiger partial charge in [-0.15, -0.1) is 0 Å². The van der Waals surface area contributed by atoms with Gasteiger partial charge in [0.25, 0.3) is 0 Å². The summed E-state index contributed by atoms with van der Waals surface area (Å²) < 4.78 is 61.4. The van der Waals surface area contributed by atoms with E-state index in [-0.39, 0.29) is 71.6 Å². The Balaban J connectivity index is 0.000000263. The summed E-state index contributed by atoms with van der Waals surface area (Å²) in [7, 11) is 0. The van der Waals surface area contributed by atoms with Crippen LogP contribution in [0.15, 0.2) is 149 Å². The Kier molecular flexibility index (Phi) is 47.1. The van der Waals surface area contributed by atoms with Gasteiger partial charge in [0.05, 0.1) is 52.9 Å². The fourth-order valence-electron chi connectivity index (χ4n) is 23.0. The van der Waals surface area contributed by atoms with E-state index in [2.05, 4.69) is 97.9 Å². The average molecular weight is 1810 g/mol. The van der Waals surface area contributed by atoms with Gasteiger partial charge in [0.15, 0.2) is 0 Å². The van der Waals surface area contributed by atoms with Gasteiger partial charge in [0.1, 0.15) is 22.4 Å². The van der Waals surface area contributed by atoms with Crippen LogP contribution in [0.4, 0.5) is 0 Å². The molecular formula is C106H156O24. The van der Waals surface area contributed by atoms with Crippen molar-refractivity contribution in [1.29, 1.82) is 0 Å². The fraction of sp³-hybridized carbons (Fsp3) is 0.660. The van der Waals surface area contributed by atoms with Crippen molar-refractivity contribution in [1.82, 2.24) is 0 Å². The average Bonchev–Trinajstić information content (AvgIpc) is 1.47. The molecule has 0 N–H and O–H groups in total.